The summed E-state index contributed by atoms with van der Waals surface area (Å²) in [6.45, 7) is 3.83. The Morgan fingerprint density at radius 1 is 0.974 bits per heavy atom. The molecule has 198 valence electrons. The zero-order chi connectivity index (χ0) is 26.8. The molecule has 38 heavy (non-hydrogen) atoms. The summed E-state index contributed by atoms with van der Waals surface area (Å²) in [5, 5.41) is 4.44. The van der Waals surface area contributed by atoms with Crippen LogP contribution in [0.15, 0.2) is 41.6 Å². The maximum Gasteiger partial charge on any atom is 0.416 e. The minimum atomic E-state index is -4.68. The molecular formula is C27H25F4N5O2. The van der Waals surface area contributed by atoms with Crippen LogP contribution >= 0.6 is 0 Å². The Labute approximate surface area is 215 Å². The predicted octanol–water partition coefficient (Wildman–Crippen LogP) is 5.86. The van der Waals surface area contributed by atoms with Crippen LogP contribution in [0.1, 0.15) is 66.4 Å². The highest BCUT2D eigenvalue weighted by Gasteiger charge is 2.33. The number of aryl methyl sites for hydroxylation is 2. The van der Waals surface area contributed by atoms with E-state index in [1.165, 1.54) is 10.8 Å². The van der Waals surface area contributed by atoms with Crippen LogP contribution in [0.25, 0.3) is 22.2 Å². The van der Waals surface area contributed by atoms with Crippen LogP contribution in [0.3, 0.4) is 0 Å². The average molecular weight is 528 g/mol. The van der Waals surface area contributed by atoms with Crippen LogP contribution in [-0.2, 0) is 10.9 Å². The number of hydrogen-bond donors (Lipinski definition) is 0. The van der Waals surface area contributed by atoms with Crippen LogP contribution in [0.2, 0.25) is 0 Å². The molecule has 2 aliphatic rings. The van der Waals surface area contributed by atoms with Gasteiger partial charge in [0.2, 0.25) is 0 Å². The molecule has 1 saturated carbocycles. The summed E-state index contributed by atoms with van der Waals surface area (Å²) >= 11 is 0. The monoisotopic (exact) mass is 527 g/mol. The number of alkyl halides is 3. The summed E-state index contributed by atoms with van der Waals surface area (Å²) in [4.78, 5) is 22.6. The van der Waals surface area contributed by atoms with E-state index in [-0.39, 0.29) is 39.9 Å². The molecule has 1 saturated heterocycles. The normalized spacial score (nSPS) is 20.3. The molecule has 0 spiro atoms. The van der Waals surface area contributed by atoms with Crippen molar-refractivity contribution in [2.24, 2.45) is 0 Å². The second-order valence-corrected chi connectivity index (χ2v) is 10.1. The van der Waals surface area contributed by atoms with E-state index < -0.39 is 17.6 Å². The lowest BCUT2D eigenvalue weighted by atomic mass is 9.98. The molecule has 4 heterocycles. The van der Waals surface area contributed by atoms with Gasteiger partial charge in [-0.05, 0) is 51.7 Å². The number of nitrogens with zero attached hydrogens (tertiary/aromatic N) is 5. The molecule has 0 bridgehead atoms. The fourth-order valence-corrected chi connectivity index (χ4v) is 5.02. The number of benzene rings is 1. The number of hydrogen-bond acceptors (Lipinski definition) is 5. The van der Waals surface area contributed by atoms with Crippen molar-refractivity contribution >= 4 is 11.0 Å². The molecule has 2 atom stereocenters. The Morgan fingerprint density at radius 2 is 1.71 bits per heavy atom. The second kappa shape index (κ2) is 9.00. The number of ether oxygens (including phenoxy) is 1. The number of rotatable bonds is 4. The van der Waals surface area contributed by atoms with Crippen molar-refractivity contribution in [2.45, 2.75) is 63.9 Å². The lowest BCUT2D eigenvalue weighted by Gasteiger charge is -2.31. The van der Waals surface area contributed by atoms with Gasteiger partial charge in [-0.1, -0.05) is 6.07 Å². The summed E-state index contributed by atoms with van der Waals surface area (Å²) in [5.74, 6) is -1.05. The predicted molar refractivity (Wildman–Crippen MR) is 131 cm³/mol. The van der Waals surface area contributed by atoms with E-state index in [2.05, 4.69) is 15.1 Å². The molecule has 1 aliphatic heterocycles. The topological polar surface area (TPSA) is 74.8 Å². The summed E-state index contributed by atoms with van der Waals surface area (Å²) in [6, 6.07) is 2.51. The van der Waals surface area contributed by atoms with Gasteiger partial charge in [-0.15, -0.1) is 0 Å². The molecule has 7 nitrogen and oxygen atoms in total. The van der Waals surface area contributed by atoms with Crippen LogP contribution < -0.4 is 5.56 Å². The van der Waals surface area contributed by atoms with Gasteiger partial charge in [0.1, 0.15) is 11.3 Å². The molecular weight excluding hydrogens is 502 g/mol. The van der Waals surface area contributed by atoms with Crippen LogP contribution in [0.5, 0.6) is 0 Å². The standard InChI is InChI=1S/C27H25F4N5O2/c1-14-15(2)34-25-24(33-14)21(20-6-3-17(9-22(20)28)27(29,30)31)13-35(26(25)37)19-7-8-38-23(10-19)16-11-32-36(12-16)18-4-5-18/h3,6,9,11-13,18-19,23H,4-5,7-8,10H2,1-2H3/t19-,23+/m0/s1. The van der Waals surface area contributed by atoms with E-state index in [0.717, 1.165) is 30.5 Å². The lowest BCUT2D eigenvalue weighted by molar-refractivity contribution is -0.137. The quantitative estimate of drug-likeness (QED) is 0.311. The smallest absolute Gasteiger partial charge is 0.373 e. The number of halogens is 4. The van der Waals surface area contributed by atoms with Crippen molar-refractivity contribution in [2.75, 3.05) is 6.61 Å². The van der Waals surface area contributed by atoms with Crippen LogP contribution in [-0.4, -0.2) is 30.9 Å². The Hall–Kier alpha value is -3.60. The summed E-state index contributed by atoms with van der Waals surface area (Å²) in [6.07, 6.45) is 3.53. The Bertz CT molecular complexity index is 1610. The van der Waals surface area contributed by atoms with Crippen molar-refractivity contribution in [1.29, 1.82) is 0 Å². The summed E-state index contributed by atoms with van der Waals surface area (Å²) in [7, 11) is 0. The van der Waals surface area contributed by atoms with Gasteiger partial charge >= 0.3 is 6.18 Å². The van der Waals surface area contributed by atoms with Crippen LogP contribution in [0, 0.1) is 19.7 Å². The molecule has 0 N–H and O–H groups in total. The van der Waals surface area contributed by atoms with Gasteiger partial charge in [0.05, 0.1) is 35.3 Å². The molecule has 4 aromatic rings. The van der Waals surface area contributed by atoms with Gasteiger partial charge < -0.3 is 9.30 Å². The maximum absolute atomic E-state index is 15.1. The number of pyridine rings is 1. The Morgan fingerprint density at radius 3 is 2.39 bits per heavy atom. The van der Waals surface area contributed by atoms with Crippen LogP contribution in [0.4, 0.5) is 17.6 Å². The van der Waals surface area contributed by atoms with Gasteiger partial charge in [0.25, 0.3) is 5.56 Å². The average Bonchev–Trinajstić information content (AvgIpc) is 3.61. The zero-order valence-electron chi connectivity index (χ0n) is 20.8. The van der Waals surface area contributed by atoms with Crippen molar-refractivity contribution in [1.82, 2.24) is 24.3 Å². The van der Waals surface area contributed by atoms with Gasteiger partial charge in [-0.3, -0.25) is 9.48 Å². The molecule has 1 aliphatic carbocycles. The van der Waals surface area contributed by atoms with Crippen molar-refractivity contribution < 1.29 is 22.3 Å². The van der Waals surface area contributed by atoms with Crippen molar-refractivity contribution in [3.05, 3.63) is 75.5 Å². The minimum Gasteiger partial charge on any atom is -0.373 e. The molecule has 0 radical (unpaired) electrons. The van der Waals surface area contributed by atoms with Gasteiger partial charge in [-0.2, -0.15) is 18.3 Å². The summed E-state index contributed by atoms with van der Waals surface area (Å²) in [5.41, 5.74) is 0.882. The third kappa shape index (κ3) is 4.38. The van der Waals surface area contributed by atoms with E-state index in [4.69, 9.17) is 4.74 Å². The van der Waals surface area contributed by atoms with E-state index in [1.54, 1.807) is 20.0 Å². The molecule has 0 unspecified atom stereocenters. The molecule has 0 amide bonds. The first-order valence-corrected chi connectivity index (χ1v) is 12.5. The lowest BCUT2D eigenvalue weighted by Crippen LogP contribution is -2.31. The fraction of sp³-hybridized carbons (Fsp3) is 0.407. The SMILES string of the molecule is Cc1nc2c(-c3ccc(C(F)(F)F)cc3F)cn([C@H]3CCO[C@@H](c4cnn(C5CC5)c4)C3)c(=O)c2nc1C. The van der Waals surface area contributed by atoms with E-state index in [1.807, 2.05) is 10.9 Å². The molecule has 2 fully saturated rings. The Kier molecular flexibility index (Phi) is 5.86. The molecule has 11 heteroatoms. The Balaban J connectivity index is 1.46. The third-order valence-electron chi connectivity index (χ3n) is 7.42. The fourth-order valence-electron chi connectivity index (χ4n) is 5.02. The second-order valence-electron chi connectivity index (χ2n) is 10.1. The van der Waals surface area contributed by atoms with Crippen molar-refractivity contribution in [3.63, 3.8) is 0 Å². The van der Waals surface area contributed by atoms with Gasteiger partial charge in [0.15, 0.2) is 5.52 Å². The first kappa shape index (κ1) is 24.7. The van der Waals surface area contributed by atoms with Crippen molar-refractivity contribution in [3.8, 4) is 11.1 Å². The van der Waals surface area contributed by atoms with E-state index in [0.29, 0.717) is 42.9 Å². The summed E-state index contributed by atoms with van der Waals surface area (Å²) < 4.78 is 64.2. The van der Waals surface area contributed by atoms with Gasteiger partial charge in [-0.25, -0.2) is 14.4 Å². The first-order chi connectivity index (χ1) is 18.1. The molecule has 3 aromatic heterocycles. The third-order valence-corrected chi connectivity index (χ3v) is 7.42. The van der Waals surface area contributed by atoms with E-state index >= 15 is 4.39 Å². The van der Waals surface area contributed by atoms with E-state index in [9.17, 15) is 18.0 Å². The maximum atomic E-state index is 15.1. The minimum absolute atomic E-state index is 0.0505. The molecule has 6 rings (SSSR count). The number of aromatic nitrogens is 5. The highest BCUT2D eigenvalue weighted by Crippen LogP contribution is 2.39. The molecule has 1 aromatic carbocycles. The first-order valence-electron chi connectivity index (χ1n) is 12.5. The zero-order valence-corrected chi connectivity index (χ0v) is 20.8. The number of fused-ring (bicyclic) bond motifs is 1. The largest absolute Gasteiger partial charge is 0.416 e. The highest BCUT2D eigenvalue weighted by molar-refractivity contribution is 5.91. The van der Waals surface area contributed by atoms with Gasteiger partial charge in [0, 0.05) is 41.7 Å². The highest BCUT2D eigenvalue weighted by atomic mass is 19.4.